The molecule has 0 radical (unpaired) electrons. The maximum absolute atomic E-state index is 12.2. The highest BCUT2D eigenvalue weighted by Gasteiger charge is 2.43. The minimum atomic E-state index is 0.0719. The third kappa shape index (κ3) is 3.11. The molecule has 2 aromatic rings. The topological polar surface area (TPSA) is 55.1 Å². The first-order valence-electron chi connectivity index (χ1n) is 6.91. The van der Waals surface area contributed by atoms with E-state index in [1.807, 2.05) is 42.5 Å². The second-order valence-corrected chi connectivity index (χ2v) is 5.73. The van der Waals surface area contributed by atoms with E-state index in [9.17, 15) is 4.79 Å². The van der Waals surface area contributed by atoms with Gasteiger partial charge in [0.25, 0.3) is 0 Å². The molecule has 0 bridgehead atoms. The second kappa shape index (κ2) is 5.66. The monoisotopic (exact) mass is 296 g/mol. The van der Waals surface area contributed by atoms with Crippen LogP contribution in [0.1, 0.15) is 23.5 Å². The number of hydrogen-bond acceptors (Lipinski definition) is 2. The van der Waals surface area contributed by atoms with Gasteiger partial charge in [0.15, 0.2) is 0 Å². The molecule has 1 aliphatic rings. The molecule has 1 saturated carbocycles. The average molecular weight is 296 g/mol. The van der Waals surface area contributed by atoms with Crippen LogP contribution in [0, 0.1) is 5.92 Å². The summed E-state index contributed by atoms with van der Waals surface area (Å²) in [5.74, 6) is 0.497. The summed E-state index contributed by atoms with van der Waals surface area (Å²) in [6.45, 7) is 0. The first-order valence-corrected chi connectivity index (χ1v) is 7.31. The maximum Gasteiger partial charge on any atom is 0.228 e. The Morgan fingerprint density at radius 3 is 2.38 bits per heavy atom. The zero-order valence-electron chi connectivity index (χ0n) is 11.5. The van der Waals surface area contributed by atoms with Crippen molar-refractivity contribution in [2.45, 2.75) is 12.3 Å². The van der Waals surface area contributed by atoms with Crippen molar-refractivity contribution >= 4 is 28.8 Å². The molecule has 3 nitrogen and oxygen atoms in total. The predicted octanol–water partition coefficient (Wildman–Crippen LogP) is 3.06. The van der Waals surface area contributed by atoms with Gasteiger partial charge in [-0.15, -0.1) is 0 Å². The van der Waals surface area contributed by atoms with E-state index in [0.717, 1.165) is 17.7 Å². The summed E-state index contributed by atoms with van der Waals surface area (Å²) in [5, 5.41) is 2.95. The lowest BCUT2D eigenvalue weighted by Crippen LogP contribution is -2.15. The molecule has 1 amide bonds. The number of amides is 1. The number of benzene rings is 2. The molecule has 1 aliphatic carbocycles. The molecule has 0 saturated heterocycles. The van der Waals surface area contributed by atoms with E-state index >= 15 is 0 Å². The Balaban J connectivity index is 1.62. The smallest absolute Gasteiger partial charge is 0.228 e. The number of carbonyl (C=O) groups excluding carboxylic acids is 1. The lowest BCUT2D eigenvalue weighted by atomic mass is 10.1. The molecular formula is C17H16N2OS. The van der Waals surface area contributed by atoms with Crippen LogP contribution >= 0.6 is 12.2 Å². The van der Waals surface area contributed by atoms with Gasteiger partial charge < -0.3 is 11.1 Å². The van der Waals surface area contributed by atoms with Crippen LogP contribution in [-0.2, 0) is 4.79 Å². The van der Waals surface area contributed by atoms with E-state index in [1.54, 1.807) is 0 Å². The Kier molecular flexibility index (Phi) is 3.71. The van der Waals surface area contributed by atoms with Crippen molar-refractivity contribution in [2.75, 3.05) is 5.32 Å². The van der Waals surface area contributed by atoms with E-state index in [2.05, 4.69) is 17.4 Å². The number of nitrogens with two attached hydrogens (primary N) is 1. The largest absolute Gasteiger partial charge is 0.389 e. The van der Waals surface area contributed by atoms with Crippen molar-refractivity contribution in [1.82, 2.24) is 0 Å². The van der Waals surface area contributed by atoms with E-state index in [1.165, 1.54) is 5.56 Å². The molecule has 3 rings (SSSR count). The normalized spacial score (nSPS) is 19.8. The van der Waals surface area contributed by atoms with Gasteiger partial charge in [-0.05, 0) is 42.2 Å². The number of anilines is 1. The van der Waals surface area contributed by atoms with Crippen molar-refractivity contribution in [3.8, 4) is 0 Å². The molecule has 2 atom stereocenters. The number of nitrogens with one attached hydrogen (secondary N) is 1. The fourth-order valence-corrected chi connectivity index (χ4v) is 2.64. The van der Waals surface area contributed by atoms with Gasteiger partial charge in [-0.2, -0.15) is 0 Å². The number of thiocarbonyl (C=S) groups is 1. The van der Waals surface area contributed by atoms with Crippen LogP contribution in [-0.4, -0.2) is 10.9 Å². The van der Waals surface area contributed by atoms with Gasteiger partial charge in [0.1, 0.15) is 4.99 Å². The Labute approximate surface area is 129 Å². The fourth-order valence-electron chi connectivity index (χ4n) is 2.51. The number of rotatable bonds is 4. The van der Waals surface area contributed by atoms with Crippen molar-refractivity contribution in [2.24, 2.45) is 11.7 Å². The summed E-state index contributed by atoms with van der Waals surface area (Å²) in [6, 6.07) is 17.5. The van der Waals surface area contributed by atoms with Crippen LogP contribution in [0.5, 0.6) is 0 Å². The Morgan fingerprint density at radius 2 is 1.76 bits per heavy atom. The lowest BCUT2D eigenvalue weighted by Gasteiger charge is -2.06. The molecule has 2 aromatic carbocycles. The first-order chi connectivity index (χ1) is 10.1. The van der Waals surface area contributed by atoms with E-state index in [0.29, 0.717) is 10.9 Å². The summed E-state index contributed by atoms with van der Waals surface area (Å²) in [5.41, 5.74) is 8.37. The van der Waals surface area contributed by atoms with Crippen molar-refractivity contribution in [3.05, 3.63) is 65.7 Å². The van der Waals surface area contributed by atoms with Gasteiger partial charge in [-0.1, -0.05) is 42.5 Å². The van der Waals surface area contributed by atoms with Crippen LogP contribution in [0.25, 0.3) is 0 Å². The molecule has 1 fully saturated rings. The van der Waals surface area contributed by atoms with Crippen LogP contribution in [0.2, 0.25) is 0 Å². The third-order valence-corrected chi connectivity index (χ3v) is 4.03. The molecule has 21 heavy (non-hydrogen) atoms. The summed E-state index contributed by atoms with van der Waals surface area (Å²) >= 11 is 4.90. The highest BCUT2D eigenvalue weighted by atomic mass is 32.1. The van der Waals surface area contributed by atoms with Gasteiger partial charge in [-0.25, -0.2) is 0 Å². The van der Waals surface area contributed by atoms with Crippen LogP contribution < -0.4 is 11.1 Å². The molecule has 4 heteroatoms. The lowest BCUT2D eigenvalue weighted by molar-refractivity contribution is -0.117. The zero-order valence-corrected chi connectivity index (χ0v) is 12.3. The quantitative estimate of drug-likeness (QED) is 0.853. The standard InChI is InChI=1S/C17H16N2OS/c18-16(21)12-6-8-13(9-7-12)19-17(20)15-10-14(15)11-4-2-1-3-5-11/h1-9,14-15H,10H2,(H2,18,21)(H,19,20). The third-order valence-electron chi connectivity index (χ3n) is 3.79. The van der Waals surface area contributed by atoms with Crippen LogP contribution in [0.4, 0.5) is 5.69 Å². The molecule has 106 valence electrons. The summed E-state index contributed by atoms with van der Waals surface area (Å²) in [6.07, 6.45) is 0.917. The Hall–Kier alpha value is -2.20. The van der Waals surface area contributed by atoms with Crippen molar-refractivity contribution in [3.63, 3.8) is 0 Å². The van der Waals surface area contributed by atoms with E-state index in [-0.39, 0.29) is 11.8 Å². The van der Waals surface area contributed by atoms with Gasteiger partial charge in [-0.3, -0.25) is 4.79 Å². The van der Waals surface area contributed by atoms with Crippen LogP contribution in [0.3, 0.4) is 0 Å². The predicted molar refractivity (Wildman–Crippen MR) is 88.2 cm³/mol. The van der Waals surface area contributed by atoms with E-state index in [4.69, 9.17) is 18.0 Å². The number of hydrogen-bond donors (Lipinski definition) is 2. The van der Waals surface area contributed by atoms with Crippen molar-refractivity contribution < 1.29 is 4.79 Å². The number of carbonyl (C=O) groups is 1. The summed E-state index contributed by atoms with van der Waals surface area (Å²) < 4.78 is 0. The molecule has 0 aromatic heterocycles. The van der Waals surface area contributed by atoms with E-state index < -0.39 is 0 Å². The molecule has 2 unspecified atom stereocenters. The first kappa shape index (κ1) is 13.8. The minimum Gasteiger partial charge on any atom is -0.389 e. The summed E-state index contributed by atoms with van der Waals surface area (Å²) in [7, 11) is 0. The fraction of sp³-hybridized carbons (Fsp3) is 0.176. The highest BCUT2D eigenvalue weighted by Crippen LogP contribution is 2.47. The minimum absolute atomic E-state index is 0.0719. The molecular weight excluding hydrogens is 280 g/mol. The Morgan fingerprint density at radius 1 is 1.10 bits per heavy atom. The highest BCUT2D eigenvalue weighted by molar-refractivity contribution is 7.80. The van der Waals surface area contributed by atoms with Crippen LogP contribution in [0.15, 0.2) is 54.6 Å². The molecule has 0 aliphatic heterocycles. The van der Waals surface area contributed by atoms with Gasteiger partial charge in [0.2, 0.25) is 5.91 Å². The maximum atomic E-state index is 12.2. The van der Waals surface area contributed by atoms with Gasteiger partial charge in [0, 0.05) is 17.2 Å². The zero-order chi connectivity index (χ0) is 14.8. The Bertz CT molecular complexity index is 667. The van der Waals surface area contributed by atoms with Gasteiger partial charge in [0.05, 0.1) is 0 Å². The summed E-state index contributed by atoms with van der Waals surface area (Å²) in [4.78, 5) is 12.6. The molecule has 0 heterocycles. The SMILES string of the molecule is NC(=S)c1ccc(NC(=O)C2CC2c2ccccc2)cc1. The molecule has 3 N–H and O–H groups in total. The second-order valence-electron chi connectivity index (χ2n) is 5.29. The average Bonchev–Trinajstić information content (AvgIpc) is 3.29. The van der Waals surface area contributed by atoms with Crippen molar-refractivity contribution in [1.29, 1.82) is 0 Å². The molecule has 0 spiro atoms. The van der Waals surface area contributed by atoms with Gasteiger partial charge >= 0.3 is 0 Å².